The Bertz CT molecular complexity index is 454. The van der Waals surface area contributed by atoms with Crippen LogP contribution in [0.5, 0.6) is 0 Å². The zero-order chi connectivity index (χ0) is 12.3. The fraction of sp³-hybridized carbons (Fsp3) is 0.364. The van der Waals surface area contributed by atoms with Crippen molar-refractivity contribution in [2.75, 3.05) is 18.1 Å². The SMILES string of the molecule is NCCSCC1=NC(=O)C2C=CC(Cl)=CC2=N1. The van der Waals surface area contributed by atoms with Crippen LogP contribution in [-0.2, 0) is 4.79 Å². The molecule has 0 fully saturated rings. The molecule has 1 amide bonds. The number of amidine groups is 1. The van der Waals surface area contributed by atoms with Crippen LogP contribution < -0.4 is 5.73 Å². The fourth-order valence-corrected chi connectivity index (χ4v) is 2.37. The number of amides is 1. The number of halogens is 1. The van der Waals surface area contributed by atoms with Gasteiger partial charge in [0, 0.05) is 17.3 Å². The molecule has 17 heavy (non-hydrogen) atoms. The van der Waals surface area contributed by atoms with Gasteiger partial charge in [-0.05, 0) is 12.2 Å². The molecule has 2 aliphatic rings. The number of nitrogens with zero attached hydrogens (tertiary/aromatic N) is 2. The Morgan fingerprint density at radius 3 is 3.06 bits per heavy atom. The highest BCUT2D eigenvalue weighted by atomic mass is 35.5. The van der Waals surface area contributed by atoms with Gasteiger partial charge in [-0.25, -0.2) is 4.99 Å². The lowest BCUT2D eigenvalue weighted by Gasteiger charge is -2.18. The molecule has 4 nitrogen and oxygen atoms in total. The number of nitrogens with two attached hydrogens (primary N) is 1. The minimum atomic E-state index is -0.360. The van der Waals surface area contributed by atoms with Crippen LogP contribution in [0.2, 0.25) is 0 Å². The monoisotopic (exact) mass is 269 g/mol. The maximum absolute atomic E-state index is 11.8. The van der Waals surface area contributed by atoms with Gasteiger partial charge in [0.25, 0.3) is 5.91 Å². The number of allylic oxidation sites excluding steroid dienone is 3. The Morgan fingerprint density at radius 1 is 1.47 bits per heavy atom. The second-order valence-corrected chi connectivity index (χ2v) is 5.15. The molecule has 2 N–H and O–H groups in total. The number of fused-ring (bicyclic) bond motifs is 1. The highest BCUT2D eigenvalue weighted by Crippen LogP contribution is 2.21. The summed E-state index contributed by atoms with van der Waals surface area (Å²) in [6.45, 7) is 0.611. The molecule has 90 valence electrons. The molecule has 0 aromatic heterocycles. The van der Waals surface area contributed by atoms with Crippen molar-refractivity contribution >= 4 is 40.8 Å². The maximum atomic E-state index is 11.8. The zero-order valence-electron chi connectivity index (χ0n) is 9.10. The Labute approximate surface area is 109 Å². The average Bonchev–Trinajstić information content (AvgIpc) is 2.28. The molecule has 1 unspecified atom stereocenters. The summed E-state index contributed by atoms with van der Waals surface area (Å²) in [5, 5.41) is 0.587. The zero-order valence-corrected chi connectivity index (χ0v) is 10.7. The summed E-state index contributed by atoms with van der Waals surface area (Å²) in [7, 11) is 0. The normalized spacial score (nSPS) is 22.8. The smallest absolute Gasteiger partial charge is 0.260 e. The van der Waals surface area contributed by atoms with Gasteiger partial charge in [0.1, 0.15) is 11.8 Å². The summed E-state index contributed by atoms with van der Waals surface area (Å²) >= 11 is 7.49. The van der Waals surface area contributed by atoms with E-state index in [4.69, 9.17) is 17.3 Å². The molecule has 0 saturated carbocycles. The summed E-state index contributed by atoms with van der Waals surface area (Å²) < 4.78 is 0. The van der Waals surface area contributed by atoms with Crippen molar-refractivity contribution in [2.24, 2.45) is 21.6 Å². The average molecular weight is 270 g/mol. The predicted octanol–water partition coefficient (Wildman–Crippen LogP) is 1.37. The molecular formula is C11H12ClN3OS. The lowest BCUT2D eigenvalue weighted by Crippen LogP contribution is -2.28. The van der Waals surface area contributed by atoms with E-state index in [9.17, 15) is 4.79 Å². The van der Waals surface area contributed by atoms with Crippen LogP contribution in [0, 0.1) is 5.92 Å². The molecular weight excluding hydrogens is 258 g/mol. The Balaban J connectivity index is 2.11. The van der Waals surface area contributed by atoms with E-state index in [0.717, 1.165) is 5.75 Å². The number of aliphatic imine (C=N–C) groups is 2. The van der Waals surface area contributed by atoms with Gasteiger partial charge in [-0.1, -0.05) is 17.7 Å². The van der Waals surface area contributed by atoms with Gasteiger partial charge >= 0.3 is 0 Å². The summed E-state index contributed by atoms with van der Waals surface area (Å²) in [6.07, 6.45) is 5.15. The van der Waals surface area contributed by atoms with E-state index in [1.165, 1.54) is 0 Å². The van der Waals surface area contributed by atoms with Crippen molar-refractivity contribution < 1.29 is 4.79 Å². The van der Waals surface area contributed by atoms with Crippen molar-refractivity contribution in [1.82, 2.24) is 0 Å². The van der Waals surface area contributed by atoms with E-state index in [0.29, 0.717) is 28.9 Å². The van der Waals surface area contributed by atoms with E-state index in [1.807, 2.05) is 0 Å². The van der Waals surface area contributed by atoms with Crippen molar-refractivity contribution in [1.29, 1.82) is 0 Å². The maximum Gasteiger partial charge on any atom is 0.260 e. The molecule has 1 atom stereocenters. The third kappa shape index (κ3) is 3.06. The number of hydrogen-bond donors (Lipinski definition) is 1. The van der Waals surface area contributed by atoms with E-state index in [-0.39, 0.29) is 11.8 Å². The molecule has 1 heterocycles. The van der Waals surface area contributed by atoms with E-state index in [1.54, 1.807) is 30.0 Å². The molecule has 0 bridgehead atoms. The third-order valence-electron chi connectivity index (χ3n) is 2.31. The van der Waals surface area contributed by atoms with Gasteiger partial charge in [-0.2, -0.15) is 16.8 Å². The second kappa shape index (κ2) is 5.62. The first-order valence-corrected chi connectivity index (χ1v) is 6.77. The molecule has 0 spiro atoms. The molecule has 1 aliphatic heterocycles. The Morgan fingerprint density at radius 2 is 2.29 bits per heavy atom. The van der Waals surface area contributed by atoms with Crippen LogP contribution in [-0.4, -0.2) is 35.5 Å². The quantitative estimate of drug-likeness (QED) is 0.784. The van der Waals surface area contributed by atoms with E-state index < -0.39 is 0 Å². The van der Waals surface area contributed by atoms with Crippen molar-refractivity contribution in [3.8, 4) is 0 Å². The molecule has 0 saturated heterocycles. The summed E-state index contributed by atoms with van der Waals surface area (Å²) in [5.74, 6) is 1.46. The van der Waals surface area contributed by atoms with Crippen LogP contribution in [0.4, 0.5) is 0 Å². The first-order valence-electron chi connectivity index (χ1n) is 5.24. The van der Waals surface area contributed by atoms with Crippen LogP contribution in [0.1, 0.15) is 0 Å². The Kier molecular flexibility index (Phi) is 4.15. The first-order chi connectivity index (χ1) is 8.20. The van der Waals surface area contributed by atoms with E-state index >= 15 is 0 Å². The highest BCUT2D eigenvalue weighted by Gasteiger charge is 2.27. The van der Waals surface area contributed by atoms with Crippen LogP contribution in [0.25, 0.3) is 0 Å². The van der Waals surface area contributed by atoms with Crippen molar-refractivity contribution in [3.63, 3.8) is 0 Å². The molecule has 0 radical (unpaired) electrons. The number of carbonyl (C=O) groups is 1. The van der Waals surface area contributed by atoms with Gasteiger partial charge in [-0.15, -0.1) is 0 Å². The lowest BCUT2D eigenvalue weighted by molar-refractivity contribution is -0.118. The van der Waals surface area contributed by atoms with E-state index in [2.05, 4.69) is 9.98 Å². The molecule has 1 aliphatic carbocycles. The van der Waals surface area contributed by atoms with Crippen LogP contribution in [0.3, 0.4) is 0 Å². The van der Waals surface area contributed by atoms with Crippen molar-refractivity contribution in [3.05, 3.63) is 23.3 Å². The molecule has 0 aromatic carbocycles. The number of rotatable bonds is 4. The van der Waals surface area contributed by atoms with Gasteiger partial charge in [0.2, 0.25) is 0 Å². The number of hydrogen-bond acceptors (Lipinski definition) is 4. The molecule has 0 aromatic rings. The summed E-state index contributed by atoms with van der Waals surface area (Å²) in [5.41, 5.74) is 6.08. The Hall–Kier alpha value is -0.910. The van der Waals surface area contributed by atoms with Crippen LogP contribution >= 0.6 is 23.4 Å². The van der Waals surface area contributed by atoms with Gasteiger partial charge in [0.05, 0.1) is 11.5 Å². The largest absolute Gasteiger partial charge is 0.330 e. The van der Waals surface area contributed by atoms with Crippen LogP contribution in [0.15, 0.2) is 33.2 Å². The topological polar surface area (TPSA) is 67.8 Å². The summed E-state index contributed by atoms with van der Waals surface area (Å²) in [6, 6.07) is 0. The molecule has 6 heteroatoms. The number of thioether (sulfide) groups is 1. The standard InChI is InChI=1S/C11H12ClN3OS/c12-7-1-2-8-9(5-7)14-10(15-11(8)16)6-17-4-3-13/h1-2,5,8H,3-4,6,13H2. The second-order valence-electron chi connectivity index (χ2n) is 3.61. The molecule has 2 rings (SSSR count). The van der Waals surface area contributed by atoms with Crippen molar-refractivity contribution in [2.45, 2.75) is 0 Å². The summed E-state index contributed by atoms with van der Waals surface area (Å²) in [4.78, 5) is 20.1. The predicted molar refractivity (Wildman–Crippen MR) is 72.8 cm³/mol. The van der Waals surface area contributed by atoms with Gasteiger partial charge in [-0.3, -0.25) is 4.79 Å². The first kappa shape index (κ1) is 12.5. The lowest BCUT2D eigenvalue weighted by atomic mass is 9.96. The van der Waals surface area contributed by atoms with Gasteiger partial charge in [0.15, 0.2) is 0 Å². The minimum absolute atomic E-state index is 0.171. The van der Waals surface area contributed by atoms with Gasteiger partial charge < -0.3 is 5.73 Å². The third-order valence-corrected chi connectivity index (χ3v) is 3.53. The highest BCUT2D eigenvalue weighted by molar-refractivity contribution is 7.99. The number of carbonyl (C=O) groups excluding carboxylic acids is 1. The minimum Gasteiger partial charge on any atom is -0.330 e. The fourth-order valence-electron chi connectivity index (χ4n) is 1.56.